The number of carbonyl (C=O) groups excluding carboxylic acids is 1. The topological polar surface area (TPSA) is 38.8 Å². The molecule has 0 bridgehead atoms. The van der Waals surface area contributed by atoms with Crippen LogP contribution in [0.1, 0.15) is 5.56 Å². The smallest absolute Gasteiger partial charge is 0.414 e. The van der Waals surface area contributed by atoms with Crippen molar-refractivity contribution in [2.75, 3.05) is 18.1 Å². The number of hydrogen-bond donors (Lipinski definition) is 0. The zero-order chi connectivity index (χ0) is 17.2. The molecule has 1 saturated heterocycles. The molecule has 1 heterocycles. The highest BCUT2D eigenvalue weighted by Crippen LogP contribution is 2.30. The first kappa shape index (κ1) is 15.5. The van der Waals surface area contributed by atoms with Crippen molar-refractivity contribution in [2.45, 2.75) is 13.0 Å². The normalized spacial score (nSPS) is 16.9. The van der Waals surface area contributed by atoms with Crippen molar-refractivity contribution in [3.8, 4) is 5.75 Å². The fourth-order valence-corrected chi connectivity index (χ4v) is 3.07. The Morgan fingerprint density at radius 1 is 1.04 bits per heavy atom. The molecule has 0 radical (unpaired) electrons. The van der Waals surface area contributed by atoms with E-state index < -0.39 is 0 Å². The fraction of sp³-hybridized carbons (Fsp3) is 0.190. The van der Waals surface area contributed by atoms with Gasteiger partial charge >= 0.3 is 6.09 Å². The predicted molar refractivity (Wildman–Crippen MR) is 98.2 cm³/mol. The maximum Gasteiger partial charge on any atom is 0.414 e. The first-order chi connectivity index (χ1) is 12.2. The molecular weight excluding hydrogens is 314 g/mol. The molecule has 1 amide bonds. The van der Waals surface area contributed by atoms with Crippen LogP contribution < -0.4 is 9.64 Å². The van der Waals surface area contributed by atoms with Gasteiger partial charge in [-0.15, -0.1) is 0 Å². The van der Waals surface area contributed by atoms with Crippen LogP contribution in [0.15, 0.2) is 66.7 Å². The van der Waals surface area contributed by atoms with E-state index in [0.29, 0.717) is 13.2 Å². The molecule has 3 aromatic carbocycles. The van der Waals surface area contributed by atoms with E-state index >= 15 is 0 Å². The largest absolute Gasteiger partial charge is 0.490 e. The summed E-state index contributed by atoms with van der Waals surface area (Å²) in [5.74, 6) is 0.783. The van der Waals surface area contributed by atoms with Gasteiger partial charge in [-0.25, -0.2) is 4.79 Å². The molecule has 4 rings (SSSR count). The lowest BCUT2D eigenvalue weighted by Gasteiger charge is -2.15. The van der Waals surface area contributed by atoms with Gasteiger partial charge in [-0.1, -0.05) is 54.1 Å². The standard InChI is InChI=1S/C21H19NO3/c1-15-9-11-17(12-10-15)24-14-18-13-22(21(23)25-18)20-8-4-6-16-5-2-3-7-19(16)20/h2-12,18H,13-14H2,1H3. The van der Waals surface area contributed by atoms with Gasteiger partial charge in [-0.05, 0) is 30.5 Å². The highest BCUT2D eigenvalue weighted by Gasteiger charge is 2.33. The van der Waals surface area contributed by atoms with Crippen LogP contribution in [0.3, 0.4) is 0 Å². The Labute approximate surface area is 146 Å². The average molecular weight is 333 g/mol. The number of aryl methyl sites for hydroxylation is 1. The van der Waals surface area contributed by atoms with Crippen LogP contribution in [-0.4, -0.2) is 25.3 Å². The van der Waals surface area contributed by atoms with E-state index in [9.17, 15) is 4.79 Å². The maximum absolute atomic E-state index is 12.3. The van der Waals surface area contributed by atoms with Crippen molar-refractivity contribution in [2.24, 2.45) is 0 Å². The second kappa shape index (κ2) is 6.48. The van der Waals surface area contributed by atoms with Gasteiger partial charge in [0.2, 0.25) is 0 Å². The second-order valence-corrected chi connectivity index (χ2v) is 6.24. The highest BCUT2D eigenvalue weighted by molar-refractivity contribution is 6.02. The number of carbonyl (C=O) groups is 1. The number of benzene rings is 3. The van der Waals surface area contributed by atoms with Crippen molar-refractivity contribution in [3.05, 3.63) is 72.3 Å². The monoisotopic (exact) mass is 333 g/mol. The number of amides is 1. The van der Waals surface area contributed by atoms with E-state index in [4.69, 9.17) is 9.47 Å². The molecule has 4 heteroatoms. The van der Waals surface area contributed by atoms with Crippen molar-refractivity contribution in [3.63, 3.8) is 0 Å². The molecule has 0 aliphatic carbocycles. The molecule has 126 valence electrons. The van der Waals surface area contributed by atoms with Gasteiger partial charge in [0.25, 0.3) is 0 Å². The Hall–Kier alpha value is -3.01. The molecule has 0 N–H and O–H groups in total. The number of fused-ring (bicyclic) bond motifs is 1. The number of rotatable bonds is 4. The zero-order valence-corrected chi connectivity index (χ0v) is 14.0. The Morgan fingerprint density at radius 3 is 2.64 bits per heavy atom. The van der Waals surface area contributed by atoms with E-state index in [1.165, 1.54) is 5.56 Å². The van der Waals surface area contributed by atoms with Crippen LogP contribution in [0.5, 0.6) is 5.75 Å². The van der Waals surface area contributed by atoms with Crippen LogP contribution in [0.25, 0.3) is 10.8 Å². The van der Waals surface area contributed by atoms with Crippen molar-refractivity contribution >= 4 is 22.6 Å². The summed E-state index contributed by atoms with van der Waals surface area (Å²) in [7, 11) is 0. The molecule has 4 nitrogen and oxygen atoms in total. The molecule has 1 unspecified atom stereocenters. The van der Waals surface area contributed by atoms with E-state index in [2.05, 4.69) is 0 Å². The summed E-state index contributed by atoms with van der Waals surface area (Å²) in [6.45, 7) is 2.86. The van der Waals surface area contributed by atoms with Gasteiger partial charge in [0.15, 0.2) is 6.10 Å². The predicted octanol–water partition coefficient (Wildman–Crippen LogP) is 4.55. The first-order valence-corrected chi connectivity index (χ1v) is 8.36. The summed E-state index contributed by atoms with van der Waals surface area (Å²) in [6, 6.07) is 21.8. The summed E-state index contributed by atoms with van der Waals surface area (Å²) < 4.78 is 11.2. The Balaban J connectivity index is 1.49. The Morgan fingerprint density at radius 2 is 1.80 bits per heavy atom. The van der Waals surface area contributed by atoms with Crippen molar-refractivity contribution in [1.29, 1.82) is 0 Å². The van der Waals surface area contributed by atoms with Crippen LogP contribution in [0.2, 0.25) is 0 Å². The fourth-order valence-electron chi connectivity index (χ4n) is 3.07. The van der Waals surface area contributed by atoms with Crippen LogP contribution in [-0.2, 0) is 4.74 Å². The third kappa shape index (κ3) is 3.15. The molecule has 1 aliphatic rings. The highest BCUT2D eigenvalue weighted by atomic mass is 16.6. The number of cyclic esters (lactones) is 1. The second-order valence-electron chi connectivity index (χ2n) is 6.24. The molecule has 1 fully saturated rings. The van der Waals surface area contributed by atoms with Gasteiger partial charge < -0.3 is 9.47 Å². The molecule has 0 spiro atoms. The summed E-state index contributed by atoms with van der Waals surface area (Å²) in [4.78, 5) is 14.0. The minimum absolute atomic E-state index is 0.284. The molecule has 1 atom stereocenters. The third-order valence-electron chi connectivity index (χ3n) is 4.39. The number of anilines is 1. The van der Waals surface area contributed by atoms with E-state index in [0.717, 1.165) is 22.2 Å². The third-order valence-corrected chi connectivity index (χ3v) is 4.39. The molecule has 0 saturated carbocycles. The summed E-state index contributed by atoms with van der Waals surface area (Å²) in [6.07, 6.45) is -0.610. The zero-order valence-electron chi connectivity index (χ0n) is 14.0. The summed E-state index contributed by atoms with van der Waals surface area (Å²) >= 11 is 0. The van der Waals surface area contributed by atoms with E-state index in [-0.39, 0.29) is 12.2 Å². The van der Waals surface area contributed by atoms with Crippen LogP contribution in [0, 0.1) is 6.92 Å². The molecule has 0 aromatic heterocycles. The number of ether oxygens (including phenoxy) is 2. The quantitative estimate of drug-likeness (QED) is 0.703. The van der Waals surface area contributed by atoms with Crippen LogP contribution >= 0.6 is 0 Å². The lowest BCUT2D eigenvalue weighted by molar-refractivity contribution is 0.105. The number of nitrogens with zero attached hydrogens (tertiary/aromatic N) is 1. The van der Waals surface area contributed by atoms with Gasteiger partial charge in [-0.2, -0.15) is 0 Å². The van der Waals surface area contributed by atoms with Gasteiger partial charge in [0, 0.05) is 5.39 Å². The minimum Gasteiger partial charge on any atom is -0.490 e. The number of hydrogen-bond acceptors (Lipinski definition) is 3. The molecule has 1 aliphatic heterocycles. The Bertz CT molecular complexity index is 899. The van der Waals surface area contributed by atoms with E-state index in [1.54, 1.807) is 4.90 Å². The minimum atomic E-state index is -0.325. The van der Waals surface area contributed by atoms with Gasteiger partial charge in [-0.3, -0.25) is 4.90 Å². The molecule has 3 aromatic rings. The van der Waals surface area contributed by atoms with Crippen molar-refractivity contribution < 1.29 is 14.3 Å². The van der Waals surface area contributed by atoms with Crippen molar-refractivity contribution in [1.82, 2.24) is 0 Å². The lowest BCUT2D eigenvalue weighted by atomic mass is 10.1. The van der Waals surface area contributed by atoms with E-state index in [1.807, 2.05) is 73.7 Å². The summed E-state index contributed by atoms with van der Waals surface area (Å²) in [5, 5.41) is 2.15. The van der Waals surface area contributed by atoms with Gasteiger partial charge in [0.1, 0.15) is 12.4 Å². The first-order valence-electron chi connectivity index (χ1n) is 8.36. The summed E-state index contributed by atoms with van der Waals surface area (Å²) in [5.41, 5.74) is 2.06. The Kier molecular flexibility index (Phi) is 4.02. The SMILES string of the molecule is Cc1ccc(OCC2CN(c3cccc4ccccc34)C(=O)O2)cc1. The van der Waals surface area contributed by atoms with Crippen LogP contribution in [0.4, 0.5) is 10.5 Å². The molecule has 25 heavy (non-hydrogen) atoms. The average Bonchev–Trinajstić information content (AvgIpc) is 3.01. The lowest BCUT2D eigenvalue weighted by Crippen LogP contribution is -2.26. The van der Waals surface area contributed by atoms with Gasteiger partial charge in [0.05, 0.1) is 12.2 Å². The molecular formula is C21H19NO3. The maximum atomic E-state index is 12.3.